The summed E-state index contributed by atoms with van der Waals surface area (Å²) in [6.07, 6.45) is 2.79. The average molecular weight is 402 g/mol. The van der Waals surface area contributed by atoms with E-state index in [1.54, 1.807) is 22.7 Å². The van der Waals surface area contributed by atoms with Gasteiger partial charge in [-0.05, 0) is 36.9 Å². The van der Waals surface area contributed by atoms with Gasteiger partial charge in [-0.3, -0.25) is 4.79 Å². The SMILES string of the molecule is CCCN(Cc1nnc(-c2ccccc2Cl)o1)C(=O)c1ccccc1SC. The van der Waals surface area contributed by atoms with Crippen molar-refractivity contribution in [2.24, 2.45) is 0 Å². The van der Waals surface area contributed by atoms with Gasteiger partial charge in [0.25, 0.3) is 5.91 Å². The molecule has 0 bridgehead atoms. The second-order valence-corrected chi connectivity index (χ2v) is 7.16. The van der Waals surface area contributed by atoms with Crippen LogP contribution in [0.25, 0.3) is 11.5 Å². The maximum atomic E-state index is 13.1. The number of rotatable bonds is 7. The molecule has 0 spiro atoms. The number of hydrogen-bond donors (Lipinski definition) is 0. The predicted octanol–water partition coefficient (Wildman–Crippen LogP) is 5.16. The van der Waals surface area contributed by atoms with Crippen LogP contribution in [0, 0.1) is 0 Å². The van der Waals surface area contributed by atoms with Crippen LogP contribution in [0.5, 0.6) is 0 Å². The number of thioether (sulfide) groups is 1. The maximum Gasteiger partial charge on any atom is 0.255 e. The lowest BCUT2D eigenvalue weighted by Crippen LogP contribution is -2.31. The summed E-state index contributed by atoms with van der Waals surface area (Å²) in [7, 11) is 0. The molecule has 0 saturated carbocycles. The number of hydrogen-bond acceptors (Lipinski definition) is 5. The first-order chi connectivity index (χ1) is 13.1. The molecule has 140 valence electrons. The first-order valence-corrected chi connectivity index (χ1v) is 10.2. The number of carbonyl (C=O) groups is 1. The molecule has 0 atom stereocenters. The summed E-state index contributed by atoms with van der Waals surface area (Å²) in [5.74, 6) is 0.691. The van der Waals surface area contributed by atoms with Gasteiger partial charge in [-0.15, -0.1) is 22.0 Å². The minimum absolute atomic E-state index is 0.0423. The molecule has 0 saturated heterocycles. The minimum Gasteiger partial charge on any atom is -0.419 e. The Hall–Kier alpha value is -2.31. The van der Waals surface area contributed by atoms with E-state index in [-0.39, 0.29) is 12.5 Å². The Morgan fingerprint density at radius 3 is 2.63 bits per heavy atom. The first kappa shape index (κ1) is 19.5. The van der Waals surface area contributed by atoms with Crippen molar-refractivity contribution in [2.75, 3.05) is 12.8 Å². The number of benzene rings is 2. The molecule has 5 nitrogen and oxygen atoms in total. The second-order valence-electron chi connectivity index (χ2n) is 5.91. The third-order valence-corrected chi connectivity index (χ3v) is 5.14. The van der Waals surface area contributed by atoms with Crippen LogP contribution in [-0.2, 0) is 6.54 Å². The molecule has 0 aliphatic heterocycles. The Kier molecular flexibility index (Phi) is 6.53. The van der Waals surface area contributed by atoms with Crippen molar-refractivity contribution in [1.29, 1.82) is 0 Å². The Morgan fingerprint density at radius 1 is 1.15 bits per heavy atom. The number of halogens is 1. The van der Waals surface area contributed by atoms with Gasteiger partial charge in [0.1, 0.15) is 0 Å². The molecule has 0 unspecified atom stereocenters. The van der Waals surface area contributed by atoms with Crippen LogP contribution in [0.15, 0.2) is 57.8 Å². The lowest BCUT2D eigenvalue weighted by Gasteiger charge is -2.21. The van der Waals surface area contributed by atoms with E-state index in [1.807, 2.05) is 55.6 Å². The monoisotopic (exact) mass is 401 g/mol. The molecule has 3 aromatic rings. The second kappa shape index (κ2) is 9.06. The van der Waals surface area contributed by atoms with Crippen molar-refractivity contribution in [3.63, 3.8) is 0 Å². The molecule has 2 aromatic carbocycles. The largest absolute Gasteiger partial charge is 0.419 e. The zero-order valence-electron chi connectivity index (χ0n) is 15.2. The normalized spacial score (nSPS) is 10.8. The summed E-state index contributed by atoms with van der Waals surface area (Å²) in [6.45, 7) is 2.89. The van der Waals surface area contributed by atoms with E-state index >= 15 is 0 Å². The third kappa shape index (κ3) is 4.51. The highest BCUT2D eigenvalue weighted by molar-refractivity contribution is 7.98. The summed E-state index contributed by atoms with van der Waals surface area (Å²) < 4.78 is 5.76. The Morgan fingerprint density at radius 2 is 1.89 bits per heavy atom. The van der Waals surface area contributed by atoms with Crippen molar-refractivity contribution in [1.82, 2.24) is 15.1 Å². The topological polar surface area (TPSA) is 59.2 Å². The molecule has 1 aromatic heterocycles. The Bertz CT molecular complexity index is 929. The lowest BCUT2D eigenvalue weighted by molar-refractivity contribution is 0.0725. The van der Waals surface area contributed by atoms with Gasteiger partial charge in [0.2, 0.25) is 11.8 Å². The molecule has 1 heterocycles. The van der Waals surface area contributed by atoms with Gasteiger partial charge in [0, 0.05) is 11.4 Å². The van der Waals surface area contributed by atoms with E-state index in [9.17, 15) is 4.79 Å². The lowest BCUT2D eigenvalue weighted by atomic mass is 10.2. The van der Waals surface area contributed by atoms with E-state index < -0.39 is 0 Å². The van der Waals surface area contributed by atoms with Crippen LogP contribution in [0.2, 0.25) is 5.02 Å². The fraction of sp³-hybridized carbons (Fsp3) is 0.250. The standard InChI is InChI=1S/C20H20ClN3O2S/c1-3-12-24(20(25)15-9-5-7-11-17(15)27-2)13-18-22-23-19(26-18)14-8-4-6-10-16(14)21/h4-11H,3,12-13H2,1-2H3. The Balaban J connectivity index is 1.83. The summed E-state index contributed by atoms with van der Waals surface area (Å²) in [6, 6.07) is 14.9. The molecule has 7 heteroatoms. The van der Waals surface area contributed by atoms with E-state index in [1.165, 1.54) is 0 Å². The fourth-order valence-electron chi connectivity index (χ4n) is 2.74. The highest BCUT2D eigenvalue weighted by atomic mass is 35.5. The van der Waals surface area contributed by atoms with Crippen LogP contribution < -0.4 is 0 Å². The summed E-state index contributed by atoms with van der Waals surface area (Å²) in [4.78, 5) is 15.7. The molecule has 0 aliphatic rings. The first-order valence-electron chi connectivity index (χ1n) is 8.63. The Labute approximate surface area is 167 Å². The molecule has 0 radical (unpaired) electrons. The molecule has 0 N–H and O–H groups in total. The van der Waals surface area contributed by atoms with Gasteiger partial charge < -0.3 is 9.32 Å². The van der Waals surface area contributed by atoms with Crippen LogP contribution in [0.4, 0.5) is 0 Å². The van der Waals surface area contributed by atoms with Gasteiger partial charge >= 0.3 is 0 Å². The van der Waals surface area contributed by atoms with Gasteiger partial charge in [0.15, 0.2) is 0 Å². The number of carbonyl (C=O) groups excluding carboxylic acids is 1. The van der Waals surface area contributed by atoms with E-state index in [2.05, 4.69) is 10.2 Å². The van der Waals surface area contributed by atoms with Crippen molar-refractivity contribution >= 4 is 29.3 Å². The molecule has 3 rings (SSSR count). The van der Waals surface area contributed by atoms with Gasteiger partial charge in [-0.25, -0.2) is 0 Å². The molecular formula is C20H20ClN3O2S. The van der Waals surface area contributed by atoms with Gasteiger partial charge in [0.05, 0.1) is 22.7 Å². The number of nitrogens with zero attached hydrogens (tertiary/aromatic N) is 3. The summed E-state index contributed by atoms with van der Waals surface area (Å²) in [5.41, 5.74) is 1.36. The van der Waals surface area contributed by atoms with Crippen LogP contribution in [-0.4, -0.2) is 33.8 Å². The number of amides is 1. The molecule has 0 fully saturated rings. The molecule has 0 aliphatic carbocycles. The third-order valence-electron chi connectivity index (χ3n) is 4.02. The smallest absolute Gasteiger partial charge is 0.255 e. The van der Waals surface area contributed by atoms with Crippen molar-refractivity contribution in [3.05, 3.63) is 65.0 Å². The predicted molar refractivity (Wildman–Crippen MR) is 108 cm³/mol. The summed E-state index contributed by atoms with van der Waals surface area (Å²) >= 11 is 7.75. The van der Waals surface area contributed by atoms with Crippen molar-refractivity contribution in [3.8, 4) is 11.5 Å². The van der Waals surface area contributed by atoms with Crippen molar-refractivity contribution < 1.29 is 9.21 Å². The van der Waals surface area contributed by atoms with Gasteiger partial charge in [-0.1, -0.05) is 42.8 Å². The zero-order chi connectivity index (χ0) is 19.2. The van der Waals surface area contributed by atoms with E-state index in [0.29, 0.717) is 34.5 Å². The molecular weight excluding hydrogens is 382 g/mol. The van der Waals surface area contributed by atoms with E-state index in [0.717, 1.165) is 11.3 Å². The summed E-state index contributed by atoms with van der Waals surface area (Å²) in [5, 5.41) is 8.73. The van der Waals surface area contributed by atoms with Crippen LogP contribution in [0.3, 0.4) is 0 Å². The van der Waals surface area contributed by atoms with Crippen LogP contribution >= 0.6 is 23.4 Å². The highest BCUT2D eigenvalue weighted by Gasteiger charge is 2.21. The van der Waals surface area contributed by atoms with Gasteiger partial charge in [-0.2, -0.15) is 0 Å². The zero-order valence-corrected chi connectivity index (χ0v) is 16.8. The quantitative estimate of drug-likeness (QED) is 0.511. The number of aromatic nitrogens is 2. The van der Waals surface area contributed by atoms with Crippen molar-refractivity contribution in [2.45, 2.75) is 24.8 Å². The highest BCUT2D eigenvalue weighted by Crippen LogP contribution is 2.27. The average Bonchev–Trinajstić information content (AvgIpc) is 3.15. The molecule has 1 amide bonds. The molecule has 27 heavy (non-hydrogen) atoms. The fourth-order valence-corrected chi connectivity index (χ4v) is 3.54. The van der Waals surface area contributed by atoms with Crippen LogP contribution in [0.1, 0.15) is 29.6 Å². The maximum absolute atomic E-state index is 13.1. The van der Waals surface area contributed by atoms with E-state index in [4.69, 9.17) is 16.0 Å². The minimum atomic E-state index is -0.0423.